The number of rotatable bonds is 3. The lowest BCUT2D eigenvalue weighted by Gasteiger charge is -2.31. The molecule has 1 atom stereocenters. The van der Waals surface area contributed by atoms with Crippen molar-refractivity contribution < 1.29 is 22.7 Å². The summed E-state index contributed by atoms with van der Waals surface area (Å²) in [5.74, 6) is -0.577. The number of benzene rings is 1. The highest BCUT2D eigenvalue weighted by Crippen LogP contribution is 2.30. The summed E-state index contributed by atoms with van der Waals surface area (Å²) in [6.07, 6.45) is 0.521. The lowest BCUT2D eigenvalue weighted by Crippen LogP contribution is -2.40. The van der Waals surface area contributed by atoms with Gasteiger partial charge in [-0.05, 0) is 50.5 Å². The predicted molar refractivity (Wildman–Crippen MR) is 105 cm³/mol. The molecule has 2 heterocycles. The van der Waals surface area contributed by atoms with Gasteiger partial charge in [0.15, 0.2) is 0 Å². The normalized spacial score (nSPS) is 20.3. The third-order valence-corrected chi connectivity index (χ3v) is 5.77. The second-order valence-electron chi connectivity index (χ2n) is 8.51. The van der Waals surface area contributed by atoms with Crippen LogP contribution < -0.4 is 10.0 Å². The molecular formula is C19H27N3O5S. The molecule has 1 aromatic carbocycles. The summed E-state index contributed by atoms with van der Waals surface area (Å²) in [7, 11) is -3.61. The van der Waals surface area contributed by atoms with E-state index in [1.165, 1.54) is 0 Å². The number of sulfonamides is 1. The maximum atomic E-state index is 12.3. The Morgan fingerprint density at radius 3 is 2.64 bits per heavy atom. The van der Waals surface area contributed by atoms with Crippen LogP contribution >= 0.6 is 0 Å². The molecule has 0 aliphatic carbocycles. The molecule has 1 aromatic rings. The summed E-state index contributed by atoms with van der Waals surface area (Å²) < 4.78 is 28.1. The van der Waals surface area contributed by atoms with Crippen molar-refractivity contribution in [1.29, 1.82) is 0 Å². The summed E-state index contributed by atoms with van der Waals surface area (Å²) in [6.45, 7) is 6.87. The molecule has 9 heteroatoms. The fourth-order valence-electron chi connectivity index (χ4n) is 3.66. The first-order chi connectivity index (χ1) is 12.9. The zero-order valence-corrected chi connectivity index (χ0v) is 17.3. The van der Waals surface area contributed by atoms with E-state index < -0.39 is 15.6 Å². The first-order valence-corrected chi connectivity index (χ1v) is 11.0. The van der Waals surface area contributed by atoms with Crippen molar-refractivity contribution in [3.63, 3.8) is 0 Å². The van der Waals surface area contributed by atoms with E-state index in [-0.39, 0.29) is 30.1 Å². The third-order valence-electron chi connectivity index (χ3n) is 4.84. The number of nitrogens with zero attached hydrogens (tertiary/aromatic N) is 2. The molecule has 28 heavy (non-hydrogen) atoms. The number of hydrogen-bond donors (Lipinski definition) is 1. The van der Waals surface area contributed by atoms with Gasteiger partial charge in [-0.15, -0.1) is 0 Å². The van der Waals surface area contributed by atoms with E-state index in [0.29, 0.717) is 26.1 Å². The van der Waals surface area contributed by atoms with Crippen molar-refractivity contribution in [1.82, 2.24) is 4.90 Å². The van der Waals surface area contributed by atoms with E-state index in [2.05, 4.69) is 0 Å². The summed E-state index contributed by atoms with van der Waals surface area (Å²) in [4.78, 5) is 27.9. The Bertz CT molecular complexity index is 891. The summed E-state index contributed by atoms with van der Waals surface area (Å²) in [5.41, 5.74) is 2.32. The SMILES string of the molecule is CC(C)(C)OC(=O)N1CCc2cc(N3CC(CS(N)(=O)=O)CC3=O)ccc2C1. The third kappa shape index (κ3) is 5.02. The molecule has 154 valence electrons. The summed E-state index contributed by atoms with van der Waals surface area (Å²) in [5, 5.41) is 5.11. The average molecular weight is 410 g/mol. The topological polar surface area (TPSA) is 110 Å². The molecule has 3 rings (SSSR count). The van der Waals surface area contributed by atoms with Crippen molar-refractivity contribution in [2.45, 2.75) is 45.8 Å². The number of carbonyl (C=O) groups is 2. The van der Waals surface area contributed by atoms with Crippen LogP contribution in [0.15, 0.2) is 18.2 Å². The molecule has 0 radical (unpaired) electrons. The molecule has 1 saturated heterocycles. The van der Waals surface area contributed by atoms with Gasteiger partial charge in [-0.2, -0.15) is 0 Å². The molecule has 0 saturated carbocycles. The minimum atomic E-state index is -3.61. The van der Waals surface area contributed by atoms with Gasteiger partial charge in [0.2, 0.25) is 15.9 Å². The van der Waals surface area contributed by atoms with E-state index in [9.17, 15) is 18.0 Å². The minimum Gasteiger partial charge on any atom is -0.444 e. The molecule has 2 amide bonds. The molecule has 1 unspecified atom stereocenters. The molecule has 0 spiro atoms. The molecule has 2 N–H and O–H groups in total. The van der Waals surface area contributed by atoms with Crippen molar-refractivity contribution in [2.24, 2.45) is 11.1 Å². The number of ether oxygens (including phenoxy) is 1. The Labute approximate surface area is 165 Å². The van der Waals surface area contributed by atoms with Gasteiger partial charge in [0.1, 0.15) is 5.60 Å². The molecule has 2 aliphatic heterocycles. The highest BCUT2D eigenvalue weighted by Gasteiger charge is 2.33. The fourth-order valence-corrected chi connectivity index (χ4v) is 4.54. The molecular weight excluding hydrogens is 382 g/mol. The fraction of sp³-hybridized carbons (Fsp3) is 0.579. The van der Waals surface area contributed by atoms with Crippen molar-refractivity contribution in [2.75, 3.05) is 23.7 Å². The summed E-state index contributed by atoms with van der Waals surface area (Å²) >= 11 is 0. The Morgan fingerprint density at radius 1 is 1.29 bits per heavy atom. The van der Waals surface area contributed by atoms with Crippen LogP contribution in [-0.2, 0) is 32.5 Å². The van der Waals surface area contributed by atoms with Gasteiger partial charge in [-0.3, -0.25) is 4.79 Å². The van der Waals surface area contributed by atoms with Crippen LogP contribution in [0.1, 0.15) is 38.3 Å². The second-order valence-corrected chi connectivity index (χ2v) is 10.2. The molecule has 8 nitrogen and oxygen atoms in total. The van der Waals surface area contributed by atoms with E-state index >= 15 is 0 Å². The number of primary sulfonamides is 1. The van der Waals surface area contributed by atoms with Gasteiger partial charge < -0.3 is 14.5 Å². The first-order valence-electron chi connectivity index (χ1n) is 9.32. The smallest absolute Gasteiger partial charge is 0.410 e. The standard InChI is InChI=1S/C19H27N3O5S/c1-19(2,3)27-18(24)21-7-6-14-9-16(5-4-15(14)11-21)22-10-13(8-17(22)23)12-28(20,25)26/h4-5,9,13H,6-8,10-12H2,1-3H3,(H2,20,25,26). The molecule has 0 bridgehead atoms. The van der Waals surface area contributed by atoms with Crippen molar-refractivity contribution >= 4 is 27.7 Å². The number of nitrogens with two attached hydrogens (primary N) is 1. The Morgan fingerprint density at radius 2 is 2.00 bits per heavy atom. The highest BCUT2D eigenvalue weighted by molar-refractivity contribution is 7.89. The zero-order chi connectivity index (χ0) is 20.7. The van der Waals surface area contributed by atoms with Gasteiger partial charge in [0, 0.05) is 37.7 Å². The summed E-state index contributed by atoms with van der Waals surface area (Å²) in [6, 6.07) is 5.72. The van der Waals surface area contributed by atoms with Crippen LogP contribution in [0.4, 0.5) is 10.5 Å². The van der Waals surface area contributed by atoms with Gasteiger partial charge in [0.25, 0.3) is 0 Å². The van der Waals surface area contributed by atoms with Crippen molar-refractivity contribution in [3.8, 4) is 0 Å². The monoisotopic (exact) mass is 409 g/mol. The molecule has 0 aromatic heterocycles. The van der Waals surface area contributed by atoms with Crippen LogP contribution in [0.3, 0.4) is 0 Å². The number of amides is 2. The van der Waals surface area contributed by atoms with E-state index in [4.69, 9.17) is 9.88 Å². The molecule has 2 aliphatic rings. The van der Waals surface area contributed by atoms with Crippen LogP contribution in [0.2, 0.25) is 0 Å². The lowest BCUT2D eigenvalue weighted by atomic mass is 9.99. The largest absolute Gasteiger partial charge is 0.444 e. The Balaban J connectivity index is 1.70. The first kappa shape index (κ1) is 20.6. The predicted octanol–water partition coefficient (Wildman–Crippen LogP) is 1.62. The number of carbonyl (C=O) groups excluding carboxylic acids is 2. The minimum absolute atomic E-state index is 0.0974. The van der Waals surface area contributed by atoms with E-state index in [0.717, 1.165) is 16.8 Å². The maximum Gasteiger partial charge on any atom is 0.410 e. The zero-order valence-electron chi connectivity index (χ0n) is 16.5. The average Bonchev–Trinajstić information content (AvgIpc) is 2.90. The number of anilines is 1. The van der Waals surface area contributed by atoms with Gasteiger partial charge >= 0.3 is 6.09 Å². The van der Waals surface area contributed by atoms with Crippen LogP contribution in [-0.4, -0.2) is 49.8 Å². The van der Waals surface area contributed by atoms with E-state index in [1.54, 1.807) is 9.80 Å². The number of fused-ring (bicyclic) bond motifs is 1. The maximum absolute atomic E-state index is 12.3. The van der Waals surface area contributed by atoms with Crippen LogP contribution in [0, 0.1) is 5.92 Å². The van der Waals surface area contributed by atoms with Gasteiger partial charge in [0.05, 0.1) is 5.75 Å². The molecule has 1 fully saturated rings. The highest BCUT2D eigenvalue weighted by atomic mass is 32.2. The lowest BCUT2D eigenvalue weighted by molar-refractivity contribution is -0.117. The van der Waals surface area contributed by atoms with Gasteiger partial charge in [-0.1, -0.05) is 6.07 Å². The second kappa shape index (κ2) is 7.36. The Hall–Kier alpha value is -2.13. The van der Waals surface area contributed by atoms with Crippen LogP contribution in [0.5, 0.6) is 0 Å². The van der Waals surface area contributed by atoms with E-state index in [1.807, 2.05) is 39.0 Å². The number of hydrogen-bond acceptors (Lipinski definition) is 5. The Kier molecular flexibility index (Phi) is 5.42. The van der Waals surface area contributed by atoms with Crippen LogP contribution in [0.25, 0.3) is 0 Å². The van der Waals surface area contributed by atoms with Gasteiger partial charge in [-0.25, -0.2) is 18.4 Å². The quantitative estimate of drug-likeness (QED) is 0.816. The van der Waals surface area contributed by atoms with Crippen molar-refractivity contribution in [3.05, 3.63) is 29.3 Å².